The van der Waals surface area contributed by atoms with E-state index in [4.69, 9.17) is 11.6 Å². The summed E-state index contributed by atoms with van der Waals surface area (Å²) in [5.74, 6) is 0. The van der Waals surface area contributed by atoms with E-state index in [9.17, 15) is 8.42 Å². The SMILES string of the molecule is Cc1ccc(-c2ccc(Cl)nn2)cc1S(=O)(=O)NC(C)C. The number of benzene rings is 1. The maximum absolute atomic E-state index is 12.3. The zero-order valence-corrected chi connectivity index (χ0v) is 13.5. The summed E-state index contributed by atoms with van der Waals surface area (Å²) in [6, 6.07) is 8.30. The Labute approximate surface area is 129 Å². The Morgan fingerprint density at radius 1 is 1.14 bits per heavy atom. The molecule has 0 atom stereocenters. The predicted octanol–water partition coefficient (Wildman–Crippen LogP) is 2.79. The van der Waals surface area contributed by atoms with Crippen molar-refractivity contribution in [1.29, 1.82) is 0 Å². The molecule has 0 unspecified atom stereocenters. The first-order valence-electron chi connectivity index (χ1n) is 6.42. The van der Waals surface area contributed by atoms with Gasteiger partial charge in [-0.3, -0.25) is 0 Å². The third kappa shape index (κ3) is 3.78. The average molecular weight is 326 g/mol. The van der Waals surface area contributed by atoms with Crippen LogP contribution in [0.25, 0.3) is 11.3 Å². The van der Waals surface area contributed by atoms with E-state index < -0.39 is 10.0 Å². The van der Waals surface area contributed by atoms with Gasteiger partial charge >= 0.3 is 0 Å². The zero-order valence-electron chi connectivity index (χ0n) is 12.0. The molecule has 21 heavy (non-hydrogen) atoms. The largest absolute Gasteiger partial charge is 0.241 e. The van der Waals surface area contributed by atoms with E-state index in [0.717, 1.165) is 0 Å². The Balaban J connectivity index is 2.49. The summed E-state index contributed by atoms with van der Waals surface area (Å²) in [6.45, 7) is 5.31. The van der Waals surface area contributed by atoms with Crippen molar-refractivity contribution in [2.75, 3.05) is 0 Å². The number of halogens is 1. The van der Waals surface area contributed by atoms with Crippen molar-refractivity contribution in [3.63, 3.8) is 0 Å². The van der Waals surface area contributed by atoms with Gasteiger partial charge in [0.15, 0.2) is 5.15 Å². The van der Waals surface area contributed by atoms with Crippen LogP contribution >= 0.6 is 11.6 Å². The molecular formula is C14H16ClN3O2S. The molecule has 0 aliphatic rings. The molecule has 1 N–H and O–H groups in total. The predicted molar refractivity (Wildman–Crippen MR) is 82.7 cm³/mol. The molecule has 7 heteroatoms. The number of aryl methyl sites for hydroxylation is 1. The maximum Gasteiger partial charge on any atom is 0.241 e. The van der Waals surface area contributed by atoms with Crippen molar-refractivity contribution in [3.05, 3.63) is 41.0 Å². The van der Waals surface area contributed by atoms with Gasteiger partial charge in [0, 0.05) is 11.6 Å². The van der Waals surface area contributed by atoms with Crippen LogP contribution in [-0.2, 0) is 10.0 Å². The summed E-state index contributed by atoms with van der Waals surface area (Å²) in [7, 11) is -3.55. The van der Waals surface area contributed by atoms with Crippen LogP contribution in [0.1, 0.15) is 19.4 Å². The molecule has 1 heterocycles. The Morgan fingerprint density at radius 2 is 1.86 bits per heavy atom. The molecule has 1 aromatic heterocycles. The second-order valence-electron chi connectivity index (χ2n) is 5.00. The average Bonchev–Trinajstić information content (AvgIpc) is 2.38. The summed E-state index contributed by atoms with van der Waals surface area (Å²) in [4.78, 5) is 0.241. The molecule has 2 aromatic rings. The van der Waals surface area contributed by atoms with Crippen molar-refractivity contribution in [2.24, 2.45) is 0 Å². The molecule has 0 bridgehead atoms. The number of hydrogen-bond acceptors (Lipinski definition) is 4. The van der Waals surface area contributed by atoms with Crippen LogP contribution in [0.15, 0.2) is 35.2 Å². The molecule has 0 spiro atoms. The molecule has 0 amide bonds. The number of nitrogens with one attached hydrogen (secondary N) is 1. The fourth-order valence-corrected chi connectivity index (χ4v) is 3.52. The first-order chi connectivity index (χ1) is 9.79. The molecule has 1 aromatic carbocycles. The Morgan fingerprint density at radius 3 is 2.43 bits per heavy atom. The minimum atomic E-state index is -3.55. The van der Waals surface area contributed by atoms with E-state index in [2.05, 4.69) is 14.9 Å². The van der Waals surface area contributed by atoms with Crippen LogP contribution in [0.3, 0.4) is 0 Å². The third-order valence-corrected chi connectivity index (χ3v) is 4.80. The molecule has 112 valence electrons. The number of nitrogens with zero attached hydrogens (tertiary/aromatic N) is 2. The van der Waals surface area contributed by atoms with Gasteiger partial charge in [-0.05, 0) is 44.5 Å². The topological polar surface area (TPSA) is 72.0 Å². The van der Waals surface area contributed by atoms with Gasteiger partial charge in [-0.25, -0.2) is 13.1 Å². The molecule has 2 rings (SSSR count). The first-order valence-corrected chi connectivity index (χ1v) is 8.28. The minimum Gasteiger partial charge on any atom is -0.209 e. The van der Waals surface area contributed by atoms with Gasteiger partial charge < -0.3 is 0 Å². The summed E-state index contributed by atoms with van der Waals surface area (Å²) < 4.78 is 27.2. The highest BCUT2D eigenvalue weighted by Gasteiger charge is 2.19. The van der Waals surface area contributed by atoms with Crippen LogP contribution in [0.2, 0.25) is 5.15 Å². The van der Waals surface area contributed by atoms with Gasteiger partial charge in [0.2, 0.25) is 10.0 Å². The first kappa shape index (κ1) is 15.9. The van der Waals surface area contributed by atoms with E-state index in [0.29, 0.717) is 22.0 Å². The van der Waals surface area contributed by atoms with Crippen LogP contribution < -0.4 is 4.72 Å². The van der Waals surface area contributed by atoms with E-state index in [1.165, 1.54) is 0 Å². The quantitative estimate of drug-likeness (QED) is 0.938. The van der Waals surface area contributed by atoms with Gasteiger partial charge in [-0.2, -0.15) is 0 Å². The van der Waals surface area contributed by atoms with Crippen molar-refractivity contribution < 1.29 is 8.42 Å². The normalized spacial score (nSPS) is 11.9. The number of hydrogen-bond donors (Lipinski definition) is 1. The lowest BCUT2D eigenvalue weighted by molar-refractivity contribution is 0.569. The fraction of sp³-hybridized carbons (Fsp3) is 0.286. The second-order valence-corrected chi connectivity index (χ2v) is 7.07. The Kier molecular flexibility index (Phi) is 4.61. The van der Waals surface area contributed by atoms with Crippen LogP contribution in [0, 0.1) is 6.92 Å². The molecule has 0 aliphatic carbocycles. The highest BCUT2D eigenvalue weighted by atomic mass is 35.5. The van der Waals surface area contributed by atoms with Gasteiger partial charge in [-0.15, -0.1) is 10.2 Å². The highest BCUT2D eigenvalue weighted by molar-refractivity contribution is 7.89. The third-order valence-electron chi connectivity index (χ3n) is 2.80. The summed E-state index contributed by atoms with van der Waals surface area (Å²) in [6.07, 6.45) is 0. The zero-order chi connectivity index (χ0) is 15.6. The summed E-state index contributed by atoms with van der Waals surface area (Å²) in [5.41, 5.74) is 1.92. The van der Waals surface area contributed by atoms with E-state index >= 15 is 0 Å². The van der Waals surface area contributed by atoms with Crippen molar-refractivity contribution in [1.82, 2.24) is 14.9 Å². The highest BCUT2D eigenvalue weighted by Crippen LogP contribution is 2.24. The molecular weight excluding hydrogens is 310 g/mol. The Bertz CT molecular complexity index is 743. The lowest BCUT2D eigenvalue weighted by Gasteiger charge is -2.13. The smallest absolute Gasteiger partial charge is 0.209 e. The van der Waals surface area contributed by atoms with Crippen molar-refractivity contribution in [3.8, 4) is 11.3 Å². The lowest BCUT2D eigenvalue weighted by Crippen LogP contribution is -2.30. The number of aromatic nitrogens is 2. The number of sulfonamides is 1. The molecule has 0 saturated carbocycles. The number of rotatable bonds is 4. The fourth-order valence-electron chi connectivity index (χ4n) is 1.89. The molecule has 0 saturated heterocycles. The van der Waals surface area contributed by atoms with Crippen molar-refractivity contribution >= 4 is 21.6 Å². The van der Waals surface area contributed by atoms with Gasteiger partial charge in [0.1, 0.15) is 0 Å². The Hall–Kier alpha value is -1.50. The van der Waals surface area contributed by atoms with E-state index in [1.807, 2.05) is 6.07 Å². The van der Waals surface area contributed by atoms with Crippen LogP contribution in [0.4, 0.5) is 0 Å². The van der Waals surface area contributed by atoms with E-state index in [-0.39, 0.29) is 10.9 Å². The van der Waals surface area contributed by atoms with Gasteiger partial charge in [0.25, 0.3) is 0 Å². The van der Waals surface area contributed by atoms with Gasteiger partial charge in [-0.1, -0.05) is 23.7 Å². The van der Waals surface area contributed by atoms with Crippen LogP contribution in [-0.4, -0.2) is 24.7 Å². The molecule has 5 nitrogen and oxygen atoms in total. The van der Waals surface area contributed by atoms with Crippen molar-refractivity contribution in [2.45, 2.75) is 31.7 Å². The second kappa shape index (κ2) is 6.09. The summed E-state index contributed by atoms with van der Waals surface area (Å²) in [5, 5.41) is 8.03. The molecule has 0 fully saturated rings. The minimum absolute atomic E-state index is 0.173. The monoisotopic (exact) mass is 325 g/mol. The standard InChI is InChI=1S/C14H16ClN3O2S/c1-9(2)18-21(19,20)13-8-11(5-4-10(13)3)12-6-7-14(15)17-16-12/h4-9,18H,1-3H3. The maximum atomic E-state index is 12.3. The van der Waals surface area contributed by atoms with Crippen LogP contribution in [0.5, 0.6) is 0 Å². The summed E-state index contributed by atoms with van der Waals surface area (Å²) >= 11 is 5.71. The molecule has 0 radical (unpaired) electrons. The van der Waals surface area contributed by atoms with E-state index in [1.54, 1.807) is 45.0 Å². The lowest BCUT2D eigenvalue weighted by atomic mass is 10.1. The van der Waals surface area contributed by atoms with Gasteiger partial charge in [0.05, 0.1) is 10.6 Å². The molecule has 0 aliphatic heterocycles.